The van der Waals surface area contributed by atoms with Gasteiger partial charge in [0.1, 0.15) is 11.5 Å². The highest BCUT2D eigenvalue weighted by molar-refractivity contribution is 5.56. The quantitative estimate of drug-likeness (QED) is 0.662. The third-order valence-corrected chi connectivity index (χ3v) is 1.59. The summed E-state index contributed by atoms with van der Waals surface area (Å²) in [6, 6.07) is 5.45. The van der Waals surface area contributed by atoms with Crippen LogP contribution in [0.25, 0.3) is 0 Å². The minimum Gasteiger partial charge on any atom is -1.00 e. The van der Waals surface area contributed by atoms with E-state index in [1.165, 1.54) is 0 Å². The van der Waals surface area contributed by atoms with E-state index in [-0.39, 0.29) is 12.4 Å². The Kier molecular flexibility index (Phi) is 5.88. The summed E-state index contributed by atoms with van der Waals surface area (Å²) in [5.74, 6) is 1.49. The van der Waals surface area contributed by atoms with Crippen molar-refractivity contribution >= 4 is 5.69 Å². The largest absolute Gasteiger partial charge is 1.00 e. The topological polar surface area (TPSA) is 44.5 Å². The van der Waals surface area contributed by atoms with Crippen molar-refractivity contribution in [1.82, 2.24) is 0 Å². The van der Waals surface area contributed by atoms with Crippen LogP contribution in [-0.2, 0) is 0 Å². The zero-order valence-corrected chi connectivity index (χ0v) is 9.17. The van der Waals surface area contributed by atoms with Gasteiger partial charge in [-0.1, -0.05) is 0 Å². The van der Waals surface area contributed by atoms with Crippen LogP contribution in [0, 0.1) is 0 Å². The highest BCUT2D eigenvalue weighted by Gasteiger charge is 2.00. The second kappa shape index (κ2) is 6.38. The van der Waals surface area contributed by atoms with E-state index >= 15 is 0 Å². The lowest BCUT2D eigenvalue weighted by Gasteiger charge is -2.08. The molecule has 0 aliphatic carbocycles. The molecule has 14 heavy (non-hydrogen) atoms. The smallest absolute Gasteiger partial charge is 0.142 e. The summed E-state index contributed by atoms with van der Waals surface area (Å²) in [6.45, 7) is 5.13. The first kappa shape index (κ1) is 12.9. The van der Waals surface area contributed by atoms with E-state index in [2.05, 4.69) is 0 Å². The number of hydrogen-bond donors (Lipinski definition) is 1. The van der Waals surface area contributed by atoms with Crippen LogP contribution in [0.3, 0.4) is 0 Å². The van der Waals surface area contributed by atoms with Crippen LogP contribution in [0.5, 0.6) is 11.5 Å². The molecule has 0 aliphatic rings. The molecule has 1 rings (SSSR count). The van der Waals surface area contributed by atoms with Gasteiger partial charge in [-0.25, -0.2) is 0 Å². The first-order valence-electron chi connectivity index (χ1n) is 4.43. The molecular formula is C10H15ClNO2-. The molecule has 1 aromatic carbocycles. The van der Waals surface area contributed by atoms with Crippen molar-refractivity contribution in [2.45, 2.75) is 13.8 Å². The van der Waals surface area contributed by atoms with Crippen LogP contribution >= 0.6 is 0 Å². The molecule has 0 aromatic heterocycles. The third kappa shape index (κ3) is 3.34. The zero-order chi connectivity index (χ0) is 9.68. The molecule has 80 valence electrons. The average molecular weight is 217 g/mol. The van der Waals surface area contributed by atoms with Crippen molar-refractivity contribution in [2.75, 3.05) is 18.9 Å². The van der Waals surface area contributed by atoms with Crippen molar-refractivity contribution < 1.29 is 21.9 Å². The normalized spacial score (nSPS) is 9.00. The Labute approximate surface area is 90.6 Å². The van der Waals surface area contributed by atoms with E-state index in [1.807, 2.05) is 26.0 Å². The molecule has 0 bridgehead atoms. The number of halogens is 1. The summed E-state index contributed by atoms with van der Waals surface area (Å²) in [5, 5.41) is 0. The molecule has 2 N–H and O–H groups in total. The van der Waals surface area contributed by atoms with Crippen LogP contribution < -0.4 is 27.6 Å². The van der Waals surface area contributed by atoms with E-state index < -0.39 is 0 Å². The predicted molar refractivity (Wildman–Crippen MR) is 53.2 cm³/mol. The molecule has 0 aliphatic heterocycles. The second-order valence-electron chi connectivity index (χ2n) is 2.57. The molecule has 0 radical (unpaired) electrons. The first-order valence-corrected chi connectivity index (χ1v) is 4.43. The first-order chi connectivity index (χ1) is 6.27. The van der Waals surface area contributed by atoms with Gasteiger partial charge < -0.3 is 27.6 Å². The maximum absolute atomic E-state index is 5.73. The van der Waals surface area contributed by atoms with Crippen molar-refractivity contribution in [3.63, 3.8) is 0 Å². The number of benzene rings is 1. The van der Waals surface area contributed by atoms with Gasteiger partial charge in [-0.15, -0.1) is 0 Å². The van der Waals surface area contributed by atoms with Crippen LogP contribution in [0.15, 0.2) is 18.2 Å². The van der Waals surface area contributed by atoms with E-state index in [1.54, 1.807) is 6.07 Å². The van der Waals surface area contributed by atoms with Crippen molar-refractivity contribution in [1.29, 1.82) is 0 Å². The summed E-state index contributed by atoms with van der Waals surface area (Å²) >= 11 is 0. The van der Waals surface area contributed by atoms with Gasteiger partial charge in [0.15, 0.2) is 0 Å². The SMILES string of the molecule is CCOc1ccc(OCC)c(N)c1.[Cl-]. The molecule has 0 heterocycles. The fraction of sp³-hybridized carbons (Fsp3) is 0.400. The fourth-order valence-electron chi connectivity index (χ4n) is 1.07. The Hall–Kier alpha value is -1.09. The van der Waals surface area contributed by atoms with Crippen molar-refractivity contribution in [3.05, 3.63) is 18.2 Å². The molecule has 0 spiro atoms. The Balaban J connectivity index is 0.00000169. The summed E-state index contributed by atoms with van der Waals surface area (Å²) < 4.78 is 10.6. The molecular weight excluding hydrogens is 202 g/mol. The van der Waals surface area contributed by atoms with Gasteiger partial charge in [-0.2, -0.15) is 0 Å². The number of anilines is 1. The average Bonchev–Trinajstić information content (AvgIpc) is 2.10. The molecule has 0 saturated heterocycles. The molecule has 0 unspecified atom stereocenters. The van der Waals surface area contributed by atoms with E-state index in [0.717, 1.165) is 5.75 Å². The van der Waals surface area contributed by atoms with Gasteiger partial charge in [0.25, 0.3) is 0 Å². The third-order valence-electron chi connectivity index (χ3n) is 1.59. The highest BCUT2D eigenvalue weighted by Crippen LogP contribution is 2.26. The van der Waals surface area contributed by atoms with Gasteiger partial charge in [-0.05, 0) is 26.0 Å². The molecule has 3 nitrogen and oxygen atoms in total. The number of rotatable bonds is 4. The van der Waals surface area contributed by atoms with Gasteiger partial charge in [-0.3, -0.25) is 0 Å². The molecule has 4 heteroatoms. The molecule has 1 aromatic rings. The summed E-state index contributed by atoms with van der Waals surface area (Å²) in [7, 11) is 0. The fourth-order valence-corrected chi connectivity index (χ4v) is 1.07. The Morgan fingerprint density at radius 3 is 2.29 bits per heavy atom. The Morgan fingerprint density at radius 1 is 1.14 bits per heavy atom. The molecule has 0 fully saturated rings. The van der Waals surface area contributed by atoms with Gasteiger partial charge in [0, 0.05) is 6.07 Å². The molecule has 0 saturated carbocycles. The van der Waals surface area contributed by atoms with Crippen LogP contribution in [0.4, 0.5) is 5.69 Å². The van der Waals surface area contributed by atoms with Crippen LogP contribution in [0.2, 0.25) is 0 Å². The highest BCUT2D eigenvalue weighted by atomic mass is 35.5. The summed E-state index contributed by atoms with van der Waals surface area (Å²) in [5.41, 5.74) is 6.35. The monoisotopic (exact) mass is 216 g/mol. The predicted octanol–water partition coefficient (Wildman–Crippen LogP) is -0.930. The zero-order valence-electron chi connectivity index (χ0n) is 8.42. The number of nitrogen functional groups attached to an aromatic ring is 1. The van der Waals surface area contributed by atoms with Crippen molar-refractivity contribution in [2.24, 2.45) is 0 Å². The second-order valence-corrected chi connectivity index (χ2v) is 2.57. The van der Waals surface area contributed by atoms with E-state index in [4.69, 9.17) is 15.2 Å². The Morgan fingerprint density at radius 2 is 1.79 bits per heavy atom. The minimum absolute atomic E-state index is 0. The maximum Gasteiger partial charge on any atom is 0.142 e. The minimum atomic E-state index is 0. The number of nitrogens with two attached hydrogens (primary N) is 1. The molecule has 0 atom stereocenters. The van der Waals surface area contributed by atoms with E-state index in [9.17, 15) is 0 Å². The lowest BCUT2D eigenvalue weighted by atomic mass is 10.3. The van der Waals surface area contributed by atoms with Gasteiger partial charge >= 0.3 is 0 Å². The van der Waals surface area contributed by atoms with Gasteiger partial charge in [0.2, 0.25) is 0 Å². The number of ether oxygens (including phenoxy) is 2. The number of hydrogen-bond acceptors (Lipinski definition) is 3. The summed E-state index contributed by atoms with van der Waals surface area (Å²) in [4.78, 5) is 0. The van der Waals surface area contributed by atoms with Crippen LogP contribution in [0.1, 0.15) is 13.8 Å². The molecule has 0 amide bonds. The lowest BCUT2D eigenvalue weighted by Crippen LogP contribution is -3.00. The van der Waals surface area contributed by atoms with Gasteiger partial charge in [0.05, 0.1) is 18.9 Å². The van der Waals surface area contributed by atoms with Crippen LogP contribution in [-0.4, -0.2) is 13.2 Å². The standard InChI is InChI=1S/C10H15NO2.ClH/c1-3-12-8-5-6-10(13-4-2)9(11)7-8;/h5-7H,3-4,11H2,1-2H3;1H/p-1. The summed E-state index contributed by atoms with van der Waals surface area (Å²) in [6.07, 6.45) is 0. The lowest BCUT2D eigenvalue weighted by molar-refractivity contribution is -0.00000384. The maximum atomic E-state index is 5.73. The Bertz CT molecular complexity index is 279. The van der Waals surface area contributed by atoms with E-state index in [0.29, 0.717) is 24.7 Å². The van der Waals surface area contributed by atoms with Crippen molar-refractivity contribution in [3.8, 4) is 11.5 Å².